The number of imidazole rings is 1. The Bertz CT molecular complexity index is 1170. The maximum Gasteiger partial charge on any atom is 0.290 e. The average Bonchev–Trinajstić information content (AvgIpc) is 3.14. The second-order valence-electron chi connectivity index (χ2n) is 8.09. The largest absolute Gasteiger partial charge is 0.350 e. The van der Waals surface area contributed by atoms with Crippen LogP contribution in [0.1, 0.15) is 28.7 Å². The van der Waals surface area contributed by atoms with Crippen molar-refractivity contribution in [2.24, 2.45) is 0 Å². The molecule has 3 amide bonds. The summed E-state index contributed by atoms with van der Waals surface area (Å²) in [4.78, 5) is 44.0. The third kappa shape index (κ3) is 3.76. The third-order valence-electron chi connectivity index (χ3n) is 5.87. The fraction of sp³-hybridized carbons (Fsp3) is 0.304. The Balaban J connectivity index is 1.43. The van der Waals surface area contributed by atoms with E-state index in [9.17, 15) is 14.4 Å². The zero-order valence-electron chi connectivity index (χ0n) is 17.8. The number of likely N-dealkylation sites (N-methyl/N-ethyl adjacent to an activating group) is 1. The second kappa shape index (κ2) is 7.86. The molecule has 2 N–H and O–H groups in total. The van der Waals surface area contributed by atoms with Crippen LogP contribution in [0.2, 0.25) is 0 Å². The SMILES string of the molecule is Cc1ccc(CNC(=O)CNC(=O)[C@]2(C)Cn3c(nc4ccccc43)C(=O)N2C)cc1. The number of carbonyl (C=O) groups is 3. The highest BCUT2D eigenvalue weighted by Crippen LogP contribution is 2.29. The minimum Gasteiger partial charge on any atom is -0.350 e. The van der Waals surface area contributed by atoms with Gasteiger partial charge in [-0.2, -0.15) is 0 Å². The number of carbonyl (C=O) groups excluding carboxylic acids is 3. The van der Waals surface area contributed by atoms with Gasteiger partial charge in [0.25, 0.3) is 5.91 Å². The lowest BCUT2D eigenvalue weighted by molar-refractivity contribution is -0.134. The van der Waals surface area contributed by atoms with E-state index in [1.807, 2.05) is 55.5 Å². The zero-order chi connectivity index (χ0) is 22.2. The quantitative estimate of drug-likeness (QED) is 0.657. The molecule has 0 radical (unpaired) electrons. The Morgan fingerprint density at radius 1 is 1.10 bits per heavy atom. The number of hydrogen-bond donors (Lipinski definition) is 2. The Morgan fingerprint density at radius 2 is 1.81 bits per heavy atom. The summed E-state index contributed by atoms with van der Waals surface area (Å²) in [6.07, 6.45) is 0. The summed E-state index contributed by atoms with van der Waals surface area (Å²) in [5.74, 6) is -0.706. The van der Waals surface area contributed by atoms with Crippen molar-refractivity contribution in [3.63, 3.8) is 0 Å². The molecule has 2 heterocycles. The van der Waals surface area contributed by atoms with Crippen LogP contribution in [0.3, 0.4) is 0 Å². The van der Waals surface area contributed by atoms with Gasteiger partial charge >= 0.3 is 0 Å². The van der Waals surface area contributed by atoms with Crippen LogP contribution >= 0.6 is 0 Å². The normalized spacial score (nSPS) is 18.0. The fourth-order valence-corrected chi connectivity index (χ4v) is 3.73. The maximum atomic E-state index is 13.0. The molecule has 3 aromatic rings. The Hall–Kier alpha value is -3.68. The highest BCUT2D eigenvalue weighted by atomic mass is 16.2. The first kappa shape index (κ1) is 20.6. The highest BCUT2D eigenvalue weighted by molar-refractivity contribution is 6.01. The van der Waals surface area contributed by atoms with E-state index < -0.39 is 11.4 Å². The summed E-state index contributed by atoms with van der Waals surface area (Å²) in [7, 11) is 1.59. The number of rotatable bonds is 5. The van der Waals surface area contributed by atoms with Gasteiger partial charge in [0.1, 0.15) is 5.54 Å². The molecule has 0 bridgehead atoms. The molecule has 8 heteroatoms. The summed E-state index contributed by atoms with van der Waals surface area (Å²) in [5, 5.41) is 5.48. The maximum absolute atomic E-state index is 13.0. The van der Waals surface area contributed by atoms with Gasteiger partial charge in [-0.3, -0.25) is 14.4 Å². The first-order chi connectivity index (χ1) is 14.8. The molecule has 31 heavy (non-hydrogen) atoms. The molecule has 0 saturated carbocycles. The highest BCUT2D eigenvalue weighted by Gasteiger charge is 2.46. The molecule has 0 saturated heterocycles. The number of aryl methyl sites for hydroxylation is 1. The zero-order valence-corrected chi connectivity index (χ0v) is 17.8. The summed E-state index contributed by atoms with van der Waals surface area (Å²) in [6.45, 7) is 4.17. The van der Waals surface area contributed by atoms with Crippen molar-refractivity contribution in [3.8, 4) is 0 Å². The molecule has 0 spiro atoms. The van der Waals surface area contributed by atoms with Gasteiger partial charge in [-0.15, -0.1) is 0 Å². The Labute approximate surface area is 180 Å². The van der Waals surface area contributed by atoms with E-state index in [4.69, 9.17) is 0 Å². The Morgan fingerprint density at radius 3 is 2.55 bits per heavy atom. The number of aromatic nitrogens is 2. The summed E-state index contributed by atoms with van der Waals surface area (Å²) in [5.41, 5.74) is 2.49. The lowest BCUT2D eigenvalue weighted by Crippen LogP contribution is -2.63. The topological polar surface area (TPSA) is 96.3 Å². The molecule has 1 aliphatic rings. The van der Waals surface area contributed by atoms with E-state index in [0.29, 0.717) is 17.9 Å². The van der Waals surface area contributed by atoms with Gasteiger partial charge < -0.3 is 20.1 Å². The van der Waals surface area contributed by atoms with Gasteiger partial charge in [-0.05, 0) is 31.5 Å². The van der Waals surface area contributed by atoms with Crippen LogP contribution in [0.4, 0.5) is 0 Å². The summed E-state index contributed by atoms with van der Waals surface area (Å²) in [6, 6.07) is 15.3. The molecule has 160 valence electrons. The fourth-order valence-electron chi connectivity index (χ4n) is 3.73. The molecule has 4 rings (SSSR count). The molecule has 2 aromatic carbocycles. The number of benzene rings is 2. The lowest BCUT2D eigenvalue weighted by atomic mass is 9.96. The van der Waals surface area contributed by atoms with E-state index in [1.54, 1.807) is 18.5 Å². The molecule has 0 aliphatic carbocycles. The van der Waals surface area contributed by atoms with Gasteiger partial charge in [0, 0.05) is 13.6 Å². The predicted octanol–water partition coefficient (Wildman–Crippen LogP) is 1.62. The molecular weight excluding hydrogens is 394 g/mol. The van der Waals surface area contributed by atoms with Gasteiger partial charge in [-0.25, -0.2) is 4.98 Å². The van der Waals surface area contributed by atoms with Crippen molar-refractivity contribution in [2.45, 2.75) is 32.5 Å². The summed E-state index contributed by atoms with van der Waals surface area (Å²) >= 11 is 0. The number of hydrogen-bond acceptors (Lipinski definition) is 4. The Kier molecular flexibility index (Phi) is 5.22. The van der Waals surface area contributed by atoms with Gasteiger partial charge in [0.15, 0.2) is 5.82 Å². The minimum atomic E-state index is -1.15. The van der Waals surface area contributed by atoms with Gasteiger partial charge in [0.05, 0.1) is 24.1 Å². The van der Waals surface area contributed by atoms with Crippen LogP contribution < -0.4 is 10.6 Å². The van der Waals surface area contributed by atoms with Crippen LogP contribution in [0, 0.1) is 6.92 Å². The van der Waals surface area contributed by atoms with Crippen molar-refractivity contribution in [1.82, 2.24) is 25.1 Å². The van der Waals surface area contributed by atoms with Gasteiger partial charge in [-0.1, -0.05) is 42.0 Å². The van der Waals surface area contributed by atoms with Crippen LogP contribution in [-0.4, -0.2) is 51.3 Å². The molecule has 1 aromatic heterocycles. The number of nitrogens with zero attached hydrogens (tertiary/aromatic N) is 3. The van der Waals surface area contributed by atoms with Crippen LogP contribution in [-0.2, 0) is 22.7 Å². The molecule has 0 unspecified atom stereocenters. The van der Waals surface area contributed by atoms with Crippen molar-refractivity contribution in [3.05, 3.63) is 65.5 Å². The third-order valence-corrected chi connectivity index (χ3v) is 5.87. The van der Waals surface area contributed by atoms with E-state index >= 15 is 0 Å². The lowest BCUT2D eigenvalue weighted by Gasteiger charge is -2.41. The van der Waals surface area contributed by atoms with Crippen LogP contribution in [0.15, 0.2) is 48.5 Å². The van der Waals surface area contributed by atoms with E-state index in [1.165, 1.54) is 4.90 Å². The number of nitrogens with one attached hydrogen (secondary N) is 2. The molecule has 1 aliphatic heterocycles. The first-order valence-electron chi connectivity index (χ1n) is 10.1. The number of amides is 3. The molecule has 1 atom stereocenters. The monoisotopic (exact) mass is 419 g/mol. The van der Waals surface area contributed by atoms with Crippen molar-refractivity contribution in [1.29, 1.82) is 0 Å². The van der Waals surface area contributed by atoms with Crippen LogP contribution in [0.25, 0.3) is 11.0 Å². The van der Waals surface area contributed by atoms with Crippen molar-refractivity contribution >= 4 is 28.8 Å². The molecule has 8 nitrogen and oxygen atoms in total. The van der Waals surface area contributed by atoms with Crippen molar-refractivity contribution in [2.75, 3.05) is 13.6 Å². The second-order valence-corrected chi connectivity index (χ2v) is 8.09. The molecular formula is C23H25N5O3. The average molecular weight is 419 g/mol. The smallest absolute Gasteiger partial charge is 0.290 e. The first-order valence-corrected chi connectivity index (χ1v) is 10.1. The number of fused-ring (bicyclic) bond motifs is 3. The van der Waals surface area contributed by atoms with E-state index in [0.717, 1.165) is 16.6 Å². The van der Waals surface area contributed by atoms with Gasteiger partial charge in [0.2, 0.25) is 11.8 Å². The van der Waals surface area contributed by atoms with E-state index in [-0.39, 0.29) is 24.9 Å². The predicted molar refractivity (Wildman–Crippen MR) is 116 cm³/mol. The van der Waals surface area contributed by atoms with Crippen LogP contribution in [0.5, 0.6) is 0 Å². The summed E-state index contributed by atoms with van der Waals surface area (Å²) < 4.78 is 1.77. The standard InChI is InChI=1S/C23H25N5O3/c1-15-8-10-16(11-9-15)12-24-19(29)13-25-22(31)23(2)14-28-18-7-5-4-6-17(18)26-20(28)21(30)27(23)3/h4-11H,12-14H2,1-3H3,(H,24,29)(H,25,31)/t23-/m0/s1. The minimum absolute atomic E-state index is 0.167. The number of para-hydroxylation sites is 2. The van der Waals surface area contributed by atoms with E-state index in [2.05, 4.69) is 15.6 Å². The molecule has 0 fully saturated rings. The van der Waals surface area contributed by atoms with Crippen molar-refractivity contribution < 1.29 is 14.4 Å².